The first kappa shape index (κ1) is 16.4. The van der Waals surface area contributed by atoms with Gasteiger partial charge in [0.05, 0.1) is 12.2 Å². The first-order valence-corrected chi connectivity index (χ1v) is 8.07. The van der Waals surface area contributed by atoms with Crippen LogP contribution in [-0.4, -0.2) is 17.3 Å². The van der Waals surface area contributed by atoms with E-state index in [1.54, 1.807) is 39.8 Å². The van der Waals surface area contributed by atoms with Gasteiger partial charge < -0.3 is 14.2 Å². The van der Waals surface area contributed by atoms with E-state index in [4.69, 9.17) is 9.05 Å². The van der Waals surface area contributed by atoms with Crippen LogP contribution in [0, 0.1) is 6.92 Å². The lowest BCUT2D eigenvalue weighted by molar-refractivity contribution is 0.101. The molecule has 0 unspecified atom stereocenters. The molecule has 0 spiro atoms. The summed E-state index contributed by atoms with van der Waals surface area (Å²) in [7, 11) is -3.60. The molecule has 5 heteroatoms. The van der Waals surface area contributed by atoms with Crippen molar-refractivity contribution in [2.45, 2.75) is 52.7 Å². The second-order valence-corrected chi connectivity index (χ2v) is 7.12. The van der Waals surface area contributed by atoms with Crippen molar-refractivity contribution >= 4 is 7.60 Å². The molecule has 0 fully saturated rings. The molecule has 0 bridgehead atoms. The van der Waals surface area contributed by atoms with Gasteiger partial charge in [0.2, 0.25) is 0 Å². The van der Waals surface area contributed by atoms with Crippen LogP contribution < -0.4 is 0 Å². The zero-order valence-corrected chi connectivity index (χ0v) is 13.1. The summed E-state index contributed by atoms with van der Waals surface area (Å²) in [5, 5.41) is 10.3. The molecule has 0 aliphatic rings. The van der Waals surface area contributed by atoms with Crippen LogP contribution in [0.5, 0.6) is 0 Å². The standard InChI is InChI=1S/C14H23O4P/c1-10(2)17-19(16,18-11(3)4)14(15)13-8-6-12(5)7-9-13/h6-11,14-15H,1-5H3/t14-/m0/s1. The Bertz CT molecular complexity index is 425. The fourth-order valence-electron chi connectivity index (χ4n) is 1.65. The van der Waals surface area contributed by atoms with Gasteiger partial charge in [-0.05, 0) is 40.2 Å². The summed E-state index contributed by atoms with van der Waals surface area (Å²) in [5.74, 6) is -1.27. The Morgan fingerprint density at radius 1 is 1.00 bits per heavy atom. The summed E-state index contributed by atoms with van der Waals surface area (Å²) < 4.78 is 23.5. The van der Waals surface area contributed by atoms with Crippen LogP contribution in [0.3, 0.4) is 0 Å². The van der Waals surface area contributed by atoms with Crippen LogP contribution in [-0.2, 0) is 13.6 Å². The van der Waals surface area contributed by atoms with E-state index in [1.165, 1.54) is 0 Å². The number of rotatable bonds is 6. The number of aryl methyl sites for hydroxylation is 1. The van der Waals surface area contributed by atoms with Crippen LogP contribution in [0.25, 0.3) is 0 Å². The van der Waals surface area contributed by atoms with E-state index >= 15 is 0 Å². The molecule has 1 aromatic rings. The lowest BCUT2D eigenvalue weighted by Crippen LogP contribution is -2.13. The molecule has 0 radical (unpaired) electrons. The van der Waals surface area contributed by atoms with Crippen molar-refractivity contribution in [3.63, 3.8) is 0 Å². The smallest absolute Gasteiger partial charge is 0.363 e. The van der Waals surface area contributed by atoms with Crippen LogP contribution in [0.15, 0.2) is 24.3 Å². The molecule has 1 rings (SSSR count). The molecule has 0 heterocycles. The summed E-state index contributed by atoms with van der Waals surface area (Å²) in [5.41, 5.74) is 1.61. The minimum Gasteiger partial charge on any atom is -0.376 e. The molecule has 1 atom stereocenters. The Balaban J connectivity index is 3.03. The Morgan fingerprint density at radius 2 is 1.42 bits per heavy atom. The molecule has 1 N–H and O–H groups in total. The summed E-state index contributed by atoms with van der Waals surface area (Å²) >= 11 is 0. The Labute approximate surface area is 115 Å². The van der Waals surface area contributed by atoms with Gasteiger partial charge in [-0.15, -0.1) is 0 Å². The Kier molecular flexibility index (Phi) is 5.75. The summed E-state index contributed by atoms with van der Waals surface area (Å²) in [6.45, 7) is 9.00. The van der Waals surface area contributed by atoms with Crippen LogP contribution in [0.2, 0.25) is 0 Å². The van der Waals surface area contributed by atoms with Crippen molar-refractivity contribution in [2.75, 3.05) is 0 Å². The first-order valence-electron chi connectivity index (χ1n) is 6.45. The fourth-order valence-corrected chi connectivity index (χ4v) is 3.64. The molecule has 1 aromatic carbocycles. The van der Waals surface area contributed by atoms with Crippen molar-refractivity contribution in [3.8, 4) is 0 Å². The molecule has 0 saturated carbocycles. The van der Waals surface area contributed by atoms with Crippen LogP contribution >= 0.6 is 7.60 Å². The summed E-state index contributed by atoms with van der Waals surface area (Å²) in [6.07, 6.45) is -0.575. The second kappa shape index (κ2) is 6.67. The highest BCUT2D eigenvalue weighted by molar-refractivity contribution is 7.54. The summed E-state index contributed by atoms with van der Waals surface area (Å²) in [4.78, 5) is 0. The molecule has 108 valence electrons. The van der Waals surface area contributed by atoms with Crippen LogP contribution in [0.4, 0.5) is 0 Å². The zero-order chi connectivity index (χ0) is 14.6. The van der Waals surface area contributed by atoms with E-state index in [1.807, 2.05) is 19.1 Å². The monoisotopic (exact) mass is 286 g/mol. The van der Waals surface area contributed by atoms with E-state index in [2.05, 4.69) is 0 Å². The number of benzene rings is 1. The van der Waals surface area contributed by atoms with E-state index < -0.39 is 13.4 Å². The molecular formula is C14H23O4P. The third-order valence-corrected chi connectivity index (χ3v) is 4.72. The normalized spacial score (nSPS) is 14.1. The van der Waals surface area contributed by atoms with Crippen molar-refractivity contribution in [2.24, 2.45) is 0 Å². The van der Waals surface area contributed by atoms with E-state index in [-0.39, 0.29) is 12.2 Å². The predicted octanol–water partition coefficient (Wildman–Crippen LogP) is 4.03. The minimum atomic E-state index is -3.60. The average molecular weight is 286 g/mol. The van der Waals surface area contributed by atoms with Gasteiger partial charge in [-0.1, -0.05) is 29.8 Å². The molecule has 0 saturated heterocycles. The van der Waals surface area contributed by atoms with Gasteiger partial charge in [0.1, 0.15) is 0 Å². The van der Waals surface area contributed by atoms with Crippen molar-refractivity contribution < 1.29 is 18.7 Å². The maximum absolute atomic E-state index is 12.7. The van der Waals surface area contributed by atoms with E-state index in [0.717, 1.165) is 5.56 Å². The first-order chi connectivity index (χ1) is 8.74. The maximum atomic E-state index is 12.7. The molecular weight excluding hydrogens is 263 g/mol. The molecule has 0 aliphatic heterocycles. The van der Waals surface area contributed by atoms with Gasteiger partial charge in [-0.2, -0.15) is 0 Å². The highest BCUT2D eigenvalue weighted by Crippen LogP contribution is 2.61. The second-order valence-electron chi connectivity index (χ2n) is 5.13. The number of aliphatic hydroxyl groups excluding tert-OH is 1. The maximum Gasteiger partial charge on any atom is 0.363 e. The lowest BCUT2D eigenvalue weighted by Gasteiger charge is -2.27. The fraction of sp³-hybridized carbons (Fsp3) is 0.571. The molecule has 19 heavy (non-hydrogen) atoms. The van der Waals surface area contributed by atoms with Gasteiger partial charge >= 0.3 is 7.60 Å². The summed E-state index contributed by atoms with van der Waals surface area (Å²) in [6, 6.07) is 7.18. The van der Waals surface area contributed by atoms with E-state index in [9.17, 15) is 9.67 Å². The third kappa shape index (κ3) is 4.73. The SMILES string of the molecule is Cc1ccc([C@@H](O)P(=O)(OC(C)C)OC(C)C)cc1. The zero-order valence-electron chi connectivity index (χ0n) is 12.2. The quantitative estimate of drug-likeness (QED) is 0.802. The number of aliphatic hydroxyl groups is 1. The molecule has 4 nitrogen and oxygen atoms in total. The largest absolute Gasteiger partial charge is 0.376 e. The third-order valence-electron chi connectivity index (χ3n) is 2.39. The van der Waals surface area contributed by atoms with Crippen LogP contribution in [0.1, 0.15) is 44.7 Å². The molecule has 0 aromatic heterocycles. The van der Waals surface area contributed by atoms with Gasteiger partial charge in [0.25, 0.3) is 0 Å². The number of hydrogen-bond acceptors (Lipinski definition) is 4. The van der Waals surface area contributed by atoms with Gasteiger partial charge in [-0.25, -0.2) is 0 Å². The molecule has 0 amide bonds. The van der Waals surface area contributed by atoms with Crippen molar-refractivity contribution in [1.29, 1.82) is 0 Å². The van der Waals surface area contributed by atoms with E-state index in [0.29, 0.717) is 5.56 Å². The highest BCUT2D eigenvalue weighted by atomic mass is 31.2. The Morgan fingerprint density at radius 3 is 1.79 bits per heavy atom. The average Bonchev–Trinajstić information content (AvgIpc) is 2.26. The van der Waals surface area contributed by atoms with Gasteiger partial charge in [-0.3, -0.25) is 4.57 Å². The van der Waals surface area contributed by atoms with Crippen molar-refractivity contribution in [3.05, 3.63) is 35.4 Å². The lowest BCUT2D eigenvalue weighted by atomic mass is 10.2. The number of hydrogen-bond donors (Lipinski definition) is 1. The van der Waals surface area contributed by atoms with Gasteiger partial charge in [0.15, 0.2) is 5.85 Å². The minimum absolute atomic E-state index is 0.287. The molecule has 0 aliphatic carbocycles. The van der Waals surface area contributed by atoms with Gasteiger partial charge in [0, 0.05) is 0 Å². The highest BCUT2D eigenvalue weighted by Gasteiger charge is 2.37. The van der Waals surface area contributed by atoms with Crippen molar-refractivity contribution in [1.82, 2.24) is 0 Å². The Hall–Kier alpha value is -0.670. The predicted molar refractivity (Wildman–Crippen MR) is 76.2 cm³/mol. The topological polar surface area (TPSA) is 55.8 Å².